The van der Waals surface area contributed by atoms with Crippen molar-refractivity contribution >= 4 is 21.8 Å². The van der Waals surface area contributed by atoms with Crippen molar-refractivity contribution in [3.63, 3.8) is 0 Å². The SMILES string of the molecule is CCc1ccc(-n2c3ccccc3c3ccc(-c4cccc(Oc5cc(CC)ccn5)c4)cc32)nc1. The third kappa shape index (κ3) is 4.01. The van der Waals surface area contributed by atoms with E-state index in [0.29, 0.717) is 5.88 Å². The molecule has 0 unspecified atom stereocenters. The highest BCUT2D eigenvalue weighted by Crippen LogP contribution is 2.35. The van der Waals surface area contributed by atoms with E-state index in [1.54, 1.807) is 6.20 Å². The van der Waals surface area contributed by atoms with Gasteiger partial charge < -0.3 is 4.74 Å². The zero-order valence-corrected chi connectivity index (χ0v) is 20.5. The predicted octanol–water partition coefficient (Wildman–Crippen LogP) is 8.16. The first kappa shape index (κ1) is 22.1. The zero-order chi connectivity index (χ0) is 24.5. The predicted molar refractivity (Wildman–Crippen MR) is 147 cm³/mol. The molecule has 3 heterocycles. The molecule has 0 aliphatic rings. The summed E-state index contributed by atoms with van der Waals surface area (Å²) in [6.45, 7) is 4.28. The van der Waals surface area contributed by atoms with Gasteiger partial charge in [-0.3, -0.25) is 4.57 Å². The molecule has 3 aromatic heterocycles. The van der Waals surface area contributed by atoms with Gasteiger partial charge in [0, 0.05) is 29.2 Å². The van der Waals surface area contributed by atoms with Gasteiger partial charge in [0.25, 0.3) is 0 Å². The quantitative estimate of drug-likeness (QED) is 0.247. The molecule has 0 bridgehead atoms. The molecule has 0 aliphatic carbocycles. The van der Waals surface area contributed by atoms with E-state index in [4.69, 9.17) is 9.72 Å². The fourth-order valence-corrected chi connectivity index (χ4v) is 4.74. The van der Waals surface area contributed by atoms with E-state index in [-0.39, 0.29) is 0 Å². The average Bonchev–Trinajstić information content (AvgIpc) is 3.27. The molecule has 0 N–H and O–H groups in total. The van der Waals surface area contributed by atoms with Crippen molar-refractivity contribution in [3.05, 3.63) is 115 Å². The number of fused-ring (bicyclic) bond motifs is 3. The number of aryl methyl sites for hydroxylation is 2. The van der Waals surface area contributed by atoms with E-state index in [0.717, 1.165) is 46.6 Å². The van der Waals surface area contributed by atoms with Gasteiger partial charge in [0.1, 0.15) is 11.6 Å². The molecule has 0 fully saturated rings. The van der Waals surface area contributed by atoms with Crippen LogP contribution in [0, 0.1) is 0 Å². The number of para-hydroxylation sites is 1. The molecule has 0 amide bonds. The molecule has 0 radical (unpaired) electrons. The first-order chi connectivity index (χ1) is 17.7. The minimum absolute atomic E-state index is 0.615. The summed E-state index contributed by atoms with van der Waals surface area (Å²) in [4.78, 5) is 9.18. The van der Waals surface area contributed by atoms with E-state index in [9.17, 15) is 0 Å². The first-order valence-corrected chi connectivity index (χ1v) is 12.4. The lowest BCUT2D eigenvalue weighted by Crippen LogP contribution is -1.98. The maximum atomic E-state index is 6.11. The molecular formula is C32H27N3O. The van der Waals surface area contributed by atoms with E-state index in [1.165, 1.54) is 21.9 Å². The Bertz CT molecular complexity index is 1680. The molecule has 0 aliphatic heterocycles. The van der Waals surface area contributed by atoms with Crippen LogP contribution in [0.25, 0.3) is 38.8 Å². The Hall–Kier alpha value is -4.44. The summed E-state index contributed by atoms with van der Waals surface area (Å²) in [5.41, 5.74) is 6.94. The van der Waals surface area contributed by atoms with Crippen LogP contribution in [0.1, 0.15) is 25.0 Å². The standard InChI is InChI=1S/C32H27N3O/c1-3-22-16-17-33-32(18-22)36-26-9-7-8-24(19-26)25-13-14-28-27-10-5-6-11-29(27)35(30(28)20-25)31-15-12-23(4-2)21-34-31/h5-21H,3-4H2,1-2H3. The maximum Gasteiger partial charge on any atom is 0.219 e. The monoisotopic (exact) mass is 469 g/mol. The number of hydrogen-bond acceptors (Lipinski definition) is 3. The van der Waals surface area contributed by atoms with Crippen molar-refractivity contribution in [1.82, 2.24) is 14.5 Å². The number of benzene rings is 3. The molecule has 176 valence electrons. The first-order valence-electron chi connectivity index (χ1n) is 12.4. The normalized spacial score (nSPS) is 11.3. The van der Waals surface area contributed by atoms with Gasteiger partial charge in [-0.1, -0.05) is 62.4 Å². The zero-order valence-electron chi connectivity index (χ0n) is 20.5. The summed E-state index contributed by atoms with van der Waals surface area (Å²) < 4.78 is 8.37. The van der Waals surface area contributed by atoms with Gasteiger partial charge in [0.05, 0.1) is 11.0 Å². The Morgan fingerprint density at radius 3 is 2.33 bits per heavy atom. The van der Waals surface area contributed by atoms with Crippen molar-refractivity contribution in [1.29, 1.82) is 0 Å². The Kier molecular flexibility index (Phi) is 5.70. The van der Waals surface area contributed by atoms with Crippen LogP contribution in [0.2, 0.25) is 0 Å². The van der Waals surface area contributed by atoms with E-state index in [1.807, 2.05) is 30.5 Å². The van der Waals surface area contributed by atoms with Crippen LogP contribution in [-0.2, 0) is 12.8 Å². The number of pyridine rings is 2. The Labute approximate surface area is 210 Å². The number of hydrogen-bond donors (Lipinski definition) is 0. The smallest absolute Gasteiger partial charge is 0.219 e. The molecule has 6 rings (SSSR count). The highest BCUT2D eigenvalue weighted by Gasteiger charge is 2.14. The second-order valence-corrected chi connectivity index (χ2v) is 8.95. The molecule has 0 saturated carbocycles. The molecule has 4 heteroatoms. The molecule has 36 heavy (non-hydrogen) atoms. The van der Waals surface area contributed by atoms with E-state index >= 15 is 0 Å². The van der Waals surface area contributed by atoms with Crippen LogP contribution in [0.3, 0.4) is 0 Å². The van der Waals surface area contributed by atoms with Gasteiger partial charge >= 0.3 is 0 Å². The number of nitrogens with zero attached hydrogens (tertiary/aromatic N) is 3. The largest absolute Gasteiger partial charge is 0.439 e. The summed E-state index contributed by atoms with van der Waals surface area (Å²) in [5.74, 6) is 2.31. The second-order valence-electron chi connectivity index (χ2n) is 8.95. The van der Waals surface area contributed by atoms with Gasteiger partial charge in [-0.15, -0.1) is 0 Å². The number of aromatic nitrogens is 3. The third-order valence-electron chi connectivity index (χ3n) is 6.72. The van der Waals surface area contributed by atoms with Crippen LogP contribution in [0.5, 0.6) is 11.6 Å². The van der Waals surface area contributed by atoms with Gasteiger partial charge in [-0.25, -0.2) is 9.97 Å². The molecular weight excluding hydrogens is 442 g/mol. The fraction of sp³-hybridized carbons (Fsp3) is 0.125. The van der Waals surface area contributed by atoms with Gasteiger partial charge in [-0.05, 0) is 71.5 Å². The summed E-state index contributed by atoms with van der Waals surface area (Å²) in [5, 5.41) is 2.43. The Balaban J connectivity index is 1.45. The number of rotatable bonds is 6. The van der Waals surface area contributed by atoms with Crippen LogP contribution in [-0.4, -0.2) is 14.5 Å². The maximum absolute atomic E-state index is 6.11. The summed E-state index contributed by atoms with van der Waals surface area (Å²) in [7, 11) is 0. The number of ether oxygens (including phenoxy) is 1. The van der Waals surface area contributed by atoms with Crippen LogP contribution in [0.15, 0.2) is 103 Å². The molecule has 4 nitrogen and oxygen atoms in total. The van der Waals surface area contributed by atoms with Crippen molar-refractivity contribution in [2.45, 2.75) is 26.7 Å². The Morgan fingerprint density at radius 2 is 1.50 bits per heavy atom. The minimum atomic E-state index is 0.615. The molecule has 6 aromatic rings. The summed E-state index contributed by atoms with van der Waals surface area (Å²) >= 11 is 0. The van der Waals surface area contributed by atoms with Crippen molar-refractivity contribution in [2.75, 3.05) is 0 Å². The fourth-order valence-electron chi connectivity index (χ4n) is 4.74. The minimum Gasteiger partial charge on any atom is -0.439 e. The average molecular weight is 470 g/mol. The van der Waals surface area contributed by atoms with E-state index in [2.05, 4.69) is 90.1 Å². The molecule has 3 aromatic carbocycles. The molecule has 0 spiro atoms. The summed E-state index contributed by atoms with van der Waals surface area (Å²) in [6, 6.07) is 31.6. The second kappa shape index (κ2) is 9.31. The van der Waals surface area contributed by atoms with Crippen molar-refractivity contribution in [2.24, 2.45) is 0 Å². The lowest BCUT2D eigenvalue weighted by molar-refractivity contribution is 0.462. The van der Waals surface area contributed by atoms with Crippen molar-refractivity contribution < 1.29 is 4.74 Å². The van der Waals surface area contributed by atoms with Crippen molar-refractivity contribution in [3.8, 4) is 28.6 Å². The summed E-state index contributed by atoms with van der Waals surface area (Å²) in [6.07, 6.45) is 5.69. The van der Waals surface area contributed by atoms with Gasteiger partial charge in [0.15, 0.2) is 0 Å². The Morgan fingerprint density at radius 1 is 0.667 bits per heavy atom. The van der Waals surface area contributed by atoms with Gasteiger partial charge in [0.2, 0.25) is 5.88 Å². The highest BCUT2D eigenvalue weighted by molar-refractivity contribution is 6.10. The molecule has 0 saturated heterocycles. The van der Waals surface area contributed by atoms with E-state index < -0.39 is 0 Å². The lowest BCUT2D eigenvalue weighted by Gasteiger charge is -2.10. The van der Waals surface area contributed by atoms with Crippen LogP contribution in [0.4, 0.5) is 0 Å². The van der Waals surface area contributed by atoms with Crippen LogP contribution >= 0.6 is 0 Å². The van der Waals surface area contributed by atoms with Crippen LogP contribution < -0.4 is 4.74 Å². The highest BCUT2D eigenvalue weighted by atomic mass is 16.5. The lowest BCUT2D eigenvalue weighted by atomic mass is 10.0. The topological polar surface area (TPSA) is 39.9 Å². The third-order valence-corrected chi connectivity index (χ3v) is 6.72. The van der Waals surface area contributed by atoms with Gasteiger partial charge in [-0.2, -0.15) is 0 Å². The molecule has 0 atom stereocenters.